The van der Waals surface area contributed by atoms with Gasteiger partial charge in [-0.3, -0.25) is 0 Å². The number of fused-ring (bicyclic) bond motifs is 1. The van der Waals surface area contributed by atoms with Crippen LogP contribution in [0.5, 0.6) is 11.5 Å². The summed E-state index contributed by atoms with van der Waals surface area (Å²) in [5.74, 6) is 1.38. The molecule has 0 amide bonds. The molecule has 12 heteroatoms. The summed E-state index contributed by atoms with van der Waals surface area (Å²) < 4.78 is 70.0. The van der Waals surface area contributed by atoms with E-state index in [1.807, 2.05) is 18.2 Å². The second-order valence-electron chi connectivity index (χ2n) is 7.53. The van der Waals surface area contributed by atoms with Crippen molar-refractivity contribution in [1.29, 1.82) is 0 Å². The predicted molar refractivity (Wildman–Crippen MR) is 122 cm³/mol. The van der Waals surface area contributed by atoms with E-state index >= 15 is 0 Å². The first kappa shape index (κ1) is 30.9. The molecule has 1 aliphatic rings. The smallest absolute Gasteiger partial charge is 0.169 e. The number of hydrogen-bond acceptors (Lipinski definition) is 10. The molecule has 1 aromatic heterocycles. The molecular weight excluding hydrogens is 510 g/mol. The minimum atomic E-state index is -4.94. The van der Waals surface area contributed by atoms with Crippen LogP contribution in [-0.2, 0) is 25.5 Å². The number of pyridine rings is 1. The predicted octanol–water partition coefficient (Wildman–Crippen LogP) is -1.75. The quantitative estimate of drug-likeness (QED) is 0.407. The Balaban J connectivity index is 0.000000877. The van der Waals surface area contributed by atoms with Crippen molar-refractivity contribution in [3.63, 3.8) is 0 Å². The lowest BCUT2D eigenvalue weighted by Crippen LogP contribution is -2.68. The highest BCUT2D eigenvalue weighted by Gasteiger charge is 2.07. The molecule has 0 fully saturated rings. The van der Waals surface area contributed by atoms with Crippen molar-refractivity contribution >= 4 is 12.2 Å². The summed E-state index contributed by atoms with van der Waals surface area (Å²) in [6.45, 7) is 8.13. The van der Waals surface area contributed by atoms with Crippen LogP contribution in [0.2, 0.25) is 0 Å². The standard InChI is InChI=1S/C25H34NO6.ClHO4/c1-2-26-9-7-22(8-10-26)3-4-23-5-6-24-25(21-23)32-20-18-30-16-14-28-12-11-27-13-15-29-17-19-31-24;2-1(3,4)5/h3-10,21H,2,11-20H2,1H3;(H,2,3,4,5)/q+1;/p-1/b4-3+;. The van der Waals surface area contributed by atoms with Crippen LogP contribution in [-0.4, -0.2) is 66.1 Å². The van der Waals surface area contributed by atoms with Crippen LogP contribution in [0.15, 0.2) is 42.7 Å². The molecular formula is C25H34ClNO10. The van der Waals surface area contributed by atoms with Gasteiger partial charge in [-0.1, -0.05) is 18.2 Å². The van der Waals surface area contributed by atoms with Gasteiger partial charge in [0, 0.05) is 12.1 Å². The van der Waals surface area contributed by atoms with Crippen molar-refractivity contribution in [2.24, 2.45) is 0 Å². The fourth-order valence-corrected chi connectivity index (χ4v) is 3.03. The first-order valence-corrected chi connectivity index (χ1v) is 13.1. The maximum Gasteiger partial charge on any atom is 0.169 e. The van der Waals surface area contributed by atoms with E-state index in [-0.39, 0.29) is 0 Å². The minimum Gasteiger partial charge on any atom is -0.487 e. The van der Waals surface area contributed by atoms with E-state index in [1.165, 1.54) is 0 Å². The number of rotatable bonds is 3. The number of ether oxygens (including phenoxy) is 6. The topological polar surface area (TPSA) is 152 Å². The molecule has 206 valence electrons. The maximum atomic E-state index is 8.49. The van der Waals surface area contributed by atoms with E-state index in [4.69, 9.17) is 47.1 Å². The third-order valence-corrected chi connectivity index (χ3v) is 4.80. The van der Waals surface area contributed by atoms with Gasteiger partial charge in [0.2, 0.25) is 0 Å². The monoisotopic (exact) mass is 543 g/mol. The van der Waals surface area contributed by atoms with E-state index in [0.717, 1.165) is 17.7 Å². The third kappa shape index (κ3) is 15.5. The molecule has 0 radical (unpaired) electrons. The lowest BCUT2D eigenvalue weighted by molar-refractivity contribution is -2.00. The van der Waals surface area contributed by atoms with Gasteiger partial charge in [-0.05, 0) is 30.2 Å². The van der Waals surface area contributed by atoms with Gasteiger partial charge < -0.3 is 28.4 Å². The summed E-state index contributed by atoms with van der Waals surface area (Å²) in [7, 11) is -4.94. The average molecular weight is 544 g/mol. The highest BCUT2D eigenvalue weighted by molar-refractivity contribution is 5.70. The SMILES string of the molecule is CC[n+]1ccc(/C=C/c2ccc3c(c2)OCCOCCOCCOCCOCCO3)cc1.[O-][Cl+3]([O-])([O-])[O-]. The fraction of sp³-hybridized carbons (Fsp3) is 0.480. The van der Waals surface area contributed by atoms with E-state index in [1.54, 1.807) is 0 Å². The molecule has 0 N–H and O–H groups in total. The van der Waals surface area contributed by atoms with Crippen LogP contribution in [0.1, 0.15) is 18.1 Å². The lowest BCUT2D eigenvalue weighted by Gasteiger charge is -2.17. The molecule has 0 unspecified atom stereocenters. The summed E-state index contributed by atoms with van der Waals surface area (Å²) in [4.78, 5) is 0. The Bertz CT molecular complexity index is 899. The molecule has 0 bridgehead atoms. The second-order valence-corrected chi connectivity index (χ2v) is 8.28. The average Bonchev–Trinajstić information content (AvgIpc) is 2.87. The number of aromatic nitrogens is 1. The van der Waals surface area contributed by atoms with Gasteiger partial charge >= 0.3 is 0 Å². The van der Waals surface area contributed by atoms with Gasteiger partial charge in [-0.15, -0.1) is 10.2 Å². The summed E-state index contributed by atoms with van der Waals surface area (Å²) in [5, 5.41) is 0. The van der Waals surface area contributed by atoms with Gasteiger partial charge in [0.25, 0.3) is 0 Å². The van der Waals surface area contributed by atoms with Crippen LogP contribution in [0, 0.1) is 10.2 Å². The molecule has 0 aliphatic carbocycles. The minimum absolute atomic E-state index is 0.429. The first-order chi connectivity index (χ1) is 17.8. The highest BCUT2D eigenvalue weighted by Crippen LogP contribution is 2.29. The molecule has 2 aromatic rings. The van der Waals surface area contributed by atoms with Crippen LogP contribution in [0.4, 0.5) is 0 Å². The zero-order valence-electron chi connectivity index (χ0n) is 20.9. The summed E-state index contributed by atoms with van der Waals surface area (Å²) in [6.07, 6.45) is 8.31. The number of nitrogens with zero attached hydrogens (tertiary/aromatic N) is 1. The Morgan fingerprint density at radius 2 is 1.08 bits per heavy atom. The van der Waals surface area contributed by atoms with E-state index in [2.05, 4.69) is 48.2 Å². The lowest BCUT2D eigenvalue weighted by atomic mass is 10.1. The normalized spacial score (nSPS) is 16.8. The van der Waals surface area contributed by atoms with Gasteiger partial charge in [0.1, 0.15) is 19.8 Å². The molecule has 0 saturated carbocycles. The Morgan fingerprint density at radius 1 is 0.649 bits per heavy atom. The van der Waals surface area contributed by atoms with Crippen LogP contribution in [0.25, 0.3) is 12.2 Å². The number of hydrogen-bond donors (Lipinski definition) is 0. The van der Waals surface area contributed by atoms with Gasteiger partial charge in [-0.25, -0.2) is 23.2 Å². The summed E-state index contributed by atoms with van der Waals surface area (Å²) >= 11 is 0. The zero-order valence-corrected chi connectivity index (χ0v) is 21.6. The molecule has 2 heterocycles. The van der Waals surface area contributed by atoms with Crippen LogP contribution in [0.3, 0.4) is 0 Å². The highest BCUT2D eigenvalue weighted by atomic mass is 35.7. The van der Waals surface area contributed by atoms with Crippen molar-refractivity contribution < 1.29 is 61.9 Å². The van der Waals surface area contributed by atoms with Crippen molar-refractivity contribution in [2.75, 3.05) is 66.1 Å². The van der Waals surface area contributed by atoms with Gasteiger partial charge in [0.05, 0.1) is 52.9 Å². The number of aryl methyl sites for hydroxylation is 1. The first-order valence-electron chi connectivity index (χ1n) is 11.8. The van der Waals surface area contributed by atoms with E-state index in [0.29, 0.717) is 77.6 Å². The largest absolute Gasteiger partial charge is 0.487 e. The fourth-order valence-electron chi connectivity index (χ4n) is 3.03. The molecule has 3 rings (SSSR count). The number of halogens is 1. The van der Waals surface area contributed by atoms with E-state index < -0.39 is 10.2 Å². The summed E-state index contributed by atoms with van der Waals surface area (Å²) in [5.41, 5.74) is 2.17. The van der Waals surface area contributed by atoms with Crippen molar-refractivity contribution in [3.05, 3.63) is 53.9 Å². The zero-order chi connectivity index (χ0) is 26.8. The molecule has 0 saturated heterocycles. The number of benzene rings is 1. The molecule has 1 aromatic carbocycles. The molecule has 0 spiro atoms. The van der Waals surface area contributed by atoms with Gasteiger partial charge in [0.15, 0.2) is 23.9 Å². The summed E-state index contributed by atoms with van der Waals surface area (Å²) in [6, 6.07) is 10.1. The van der Waals surface area contributed by atoms with Crippen LogP contribution >= 0.6 is 0 Å². The van der Waals surface area contributed by atoms with Gasteiger partial charge in [-0.2, -0.15) is 0 Å². The Labute approximate surface area is 219 Å². The maximum absolute atomic E-state index is 8.49. The van der Waals surface area contributed by atoms with Crippen molar-refractivity contribution in [2.45, 2.75) is 13.5 Å². The Kier molecular flexibility index (Phi) is 15.0. The second kappa shape index (κ2) is 18.0. The third-order valence-electron chi connectivity index (χ3n) is 4.80. The van der Waals surface area contributed by atoms with Crippen LogP contribution < -0.4 is 32.7 Å². The van der Waals surface area contributed by atoms with Crippen molar-refractivity contribution in [1.82, 2.24) is 0 Å². The van der Waals surface area contributed by atoms with Crippen molar-refractivity contribution in [3.8, 4) is 11.5 Å². The Hall–Kier alpha value is -2.32. The Morgan fingerprint density at radius 3 is 1.57 bits per heavy atom. The molecule has 1 aliphatic heterocycles. The molecule has 11 nitrogen and oxygen atoms in total. The molecule has 37 heavy (non-hydrogen) atoms. The van der Waals surface area contributed by atoms with E-state index in [9.17, 15) is 0 Å². The molecule has 0 atom stereocenters.